The predicted octanol–water partition coefficient (Wildman–Crippen LogP) is 5.26. The predicted molar refractivity (Wildman–Crippen MR) is 188 cm³/mol. The number of likely N-dealkylation sites (N-methyl/N-ethyl adjacent to an activating group) is 2. The lowest BCUT2D eigenvalue weighted by atomic mass is 10.0. The molecular formula is C37H39N7O4. The van der Waals surface area contributed by atoms with E-state index in [9.17, 15) is 9.59 Å². The van der Waals surface area contributed by atoms with Gasteiger partial charge < -0.3 is 29.9 Å². The van der Waals surface area contributed by atoms with E-state index < -0.39 is 12.1 Å². The summed E-state index contributed by atoms with van der Waals surface area (Å²) in [6, 6.07) is 32.6. The summed E-state index contributed by atoms with van der Waals surface area (Å²) in [6.07, 6.45) is 2.12. The molecule has 5 rings (SSSR count). The molecule has 246 valence electrons. The zero-order chi connectivity index (χ0) is 33.9. The van der Waals surface area contributed by atoms with Crippen molar-refractivity contribution in [2.45, 2.75) is 24.9 Å². The van der Waals surface area contributed by atoms with Gasteiger partial charge >= 0.3 is 0 Å². The van der Waals surface area contributed by atoms with E-state index >= 15 is 0 Å². The number of carbonyl (C=O) groups is 2. The number of nitrogens with zero attached hydrogens (tertiary/aromatic N) is 5. The van der Waals surface area contributed by atoms with Crippen molar-refractivity contribution < 1.29 is 19.1 Å². The average molecular weight is 646 g/mol. The Morgan fingerprint density at radius 3 is 1.33 bits per heavy atom. The van der Waals surface area contributed by atoms with Crippen LogP contribution in [0.5, 0.6) is 11.5 Å². The van der Waals surface area contributed by atoms with E-state index in [1.165, 1.54) is 6.33 Å². The van der Waals surface area contributed by atoms with Crippen molar-refractivity contribution in [3.05, 3.63) is 127 Å². The first-order valence-electron chi connectivity index (χ1n) is 15.5. The maximum absolute atomic E-state index is 13.9. The fraction of sp³-hybridized carbons (Fsp3) is 0.216. The third-order valence-corrected chi connectivity index (χ3v) is 7.92. The molecule has 0 radical (unpaired) electrons. The van der Waals surface area contributed by atoms with Gasteiger partial charge in [0.1, 0.15) is 29.9 Å². The summed E-state index contributed by atoms with van der Waals surface area (Å²) >= 11 is 0. The van der Waals surface area contributed by atoms with Gasteiger partial charge in [0, 0.05) is 38.3 Å². The van der Waals surface area contributed by atoms with Gasteiger partial charge in [-0.2, -0.15) is 4.98 Å². The van der Waals surface area contributed by atoms with Crippen molar-refractivity contribution >= 4 is 35.1 Å². The number of aromatic nitrogens is 3. The van der Waals surface area contributed by atoms with Crippen molar-refractivity contribution in [3.8, 4) is 11.5 Å². The molecule has 0 aliphatic rings. The Hall–Kier alpha value is -5.97. The van der Waals surface area contributed by atoms with Crippen molar-refractivity contribution in [2.75, 3.05) is 48.7 Å². The number of methoxy groups -OCH3 is 2. The van der Waals surface area contributed by atoms with Gasteiger partial charge in [0.05, 0.1) is 14.2 Å². The fourth-order valence-electron chi connectivity index (χ4n) is 5.18. The topological polar surface area (TPSA) is 122 Å². The van der Waals surface area contributed by atoms with Crippen LogP contribution in [0.3, 0.4) is 0 Å². The van der Waals surface area contributed by atoms with E-state index in [0.717, 1.165) is 11.1 Å². The molecule has 0 bridgehead atoms. The van der Waals surface area contributed by atoms with E-state index in [-0.39, 0.29) is 23.7 Å². The highest BCUT2D eigenvalue weighted by molar-refractivity contribution is 5.99. The Morgan fingerprint density at radius 1 is 0.604 bits per heavy atom. The molecule has 2 amide bonds. The molecule has 2 N–H and O–H groups in total. The fourth-order valence-corrected chi connectivity index (χ4v) is 5.18. The quantitative estimate of drug-likeness (QED) is 0.167. The molecule has 48 heavy (non-hydrogen) atoms. The number of ether oxygens (including phenoxy) is 2. The van der Waals surface area contributed by atoms with Crippen LogP contribution in [0.1, 0.15) is 11.1 Å². The minimum absolute atomic E-state index is 0.183. The monoisotopic (exact) mass is 645 g/mol. The van der Waals surface area contributed by atoms with Crippen molar-refractivity contribution in [1.29, 1.82) is 0 Å². The summed E-state index contributed by atoms with van der Waals surface area (Å²) in [5, 5.41) is 6.45. The van der Waals surface area contributed by atoms with Gasteiger partial charge in [0.15, 0.2) is 0 Å². The van der Waals surface area contributed by atoms with E-state index in [4.69, 9.17) is 9.47 Å². The molecule has 2 atom stereocenters. The molecule has 11 nitrogen and oxygen atoms in total. The molecule has 0 aliphatic heterocycles. The Kier molecular flexibility index (Phi) is 11.2. The van der Waals surface area contributed by atoms with E-state index in [2.05, 4.69) is 25.6 Å². The van der Waals surface area contributed by atoms with Gasteiger partial charge in [-0.1, -0.05) is 60.7 Å². The summed E-state index contributed by atoms with van der Waals surface area (Å²) in [7, 11) is 6.65. The zero-order valence-corrected chi connectivity index (χ0v) is 27.4. The van der Waals surface area contributed by atoms with Crippen LogP contribution in [0.2, 0.25) is 0 Å². The molecule has 0 unspecified atom stereocenters. The number of rotatable bonds is 14. The summed E-state index contributed by atoms with van der Waals surface area (Å²) in [5.41, 5.74) is 3.35. The lowest BCUT2D eigenvalue weighted by Gasteiger charge is -2.26. The molecule has 0 spiro atoms. The van der Waals surface area contributed by atoms with Crippen LogP contribution in [0, 0.1) is 0 Å². The van der Waals surface area contributed by atoms with E-state index in [1.54, 1.807) is 38.1 Å². The second-order valence-corrected chi connectivity index (χ2v) is 11.1. The number of hydrogen-bond donors (Lipinski definition) is 2. The molecule has 11 heteroatoms. The molecule has 0 saturated heterocycles. The first-order chi connectivity index (χ1) is 23.3. The smallest absolute Gasteiger partial charge is 0.249 e. The number of nitrogens with one attached hydrogen (secondary N) is 2. The molecule has 5 aromatic rings. The van der Waals surface area contributed by atoms with Crippen molar-refractivity contribution in [3.63, 3.8) is 0 Å². The summed E-state index contributed by atoms with van der Waals surface area (Å²) in [4.78, 5) is 44.2. The first-order valence-corrected chi connectivity index (χ1v) is 15.5. The molecule has 1 aromatic heterocycles. The maximum Gasteiger partial charge on any atom is 0.249 e. The highest BCUT2D eigenvalue weighted by Gasteiger charge is 2.27. The normalized spacial score (nSPS) is 11.9. The zero-order valence-electron chi connectivity index (χ0n) is 27.4. The number of amides is 2. The largest absolute Gasteiger partial charge is 0.497 e. The second-order valence-electron chi connectivity index (χ2n) is 11.1. The summed E-state index contributed by atoms with van der Waals surface area (Å²) < 4.78 is 10.5. The second kappa shape index (κ2) is 16.0. The van der Waals surface area contributed by atoms with Crippen LogP contribution in [0.25, 0.3) is 0 Å². The standard InChI is InChI=1S/C37H39N7O4/c1-43(28-15-19-30(47-3)20-16-28)34(45)32(23-26-11-7-5-8-12-26)40-36-38-25-39-37(42-36)41-33(24-27-13-9-6-10-14-27)35(46)44(2)29-17-21-31(48-4)22-18-29/h5-22,25,32-33H,23-24H2,1-4H3,(H2,38,39,40,41,42)/t32-,33-/m0/s1. The van der Waals surface area contributed by atoms with Crippen molar-refractivity contribution in [1.82, 2.24) is 15.0 Å². The third-order valence-electron chi connectivity index (χ3n) is 7.92. The van der Waals surface area contributed by atoms with Gasteiger partial charge in [0.25, 0.3) is 0 Å². The van der Waals surface area contributed by atoms with Gasteiger partial charge in [-0.3, -0.25) is 9.59 Å². The van der Waals surface area contributed by atoms with Crippen LogP contribution in [0.4, 0.5) is 23.3 Å². The summed E-state index contributed by atoms with van der Waals surface area (Å²) in [6.45, 7) is 0. The average Bonchev–Trinajstić information content (AvgIpc) is 3.14. The van der Waals surface area contributed by atoms with Gasteiger partial charge in [-0.15, -0.1) is 0 Å². The molecule has 0 aliphatic carbocycles. The van der Waals surface area contributed by atoms with Crippen LogP contribution in [0.15, 0.2) is 116 Å². The lowest BCUT2D eigenvalue weighted by molar-refractivity contribution is -0.119. The molecule has 0 saturated carbocycles. The Morgan fingerprint density at radius 2 is 0.979 bits per heavy atom. The number of carbonyl (C=O) groups excluding carboxylic acids is 2. The Bertz CT molecular complexity index is 1640. The van der Waals surface area contributed by atoms with Gasteiger partial charge in [-0.25, -0.2) is 9.97 Å². The number of hydrogen-bond acceptors (Lipinski definition) is 9. The SMILES string of the molecule is COc1ccc(N(C)C(=O)[C@H](Cc2ccccc2)Nc2ncnc(N[C@@H](Cc3ccccc3)C(=O)N(C)c3ccc(OC)cc3)n2)cc1. The number of benzene rings is 4. The lowest BCUT2D eigenvalue weighted by Crippen LogP contribution is -2.43. The highest BCUT2D eigenvalue weighted by atomic mass is 16.5. The summed E-state index contributed by atoms with van der Waals surface area (Å²) in [5.74, 6) is 1.42. The van der Waals surface area contributed by atoms with Crippen molar-refractivity contribution in [2.24, 2.45) is 0 Å². The number of anilines is 4. The third kappa shape index (κ3) is 8.64. The highest BCUT2D eigenvalue weighted by Crippen LogP contribution is 2.22. The van der Waals surface area contributed by atoms with Crippen LogP contribution >= 0.6 is 0 Å². The maximum atomic E-state index is 13.9. The van der Waals surface area contributed by atoms with Gasteiger partial charge in [-0.05, 0) is 59.7 Å². The van der Waals surface area contributed by atoms with Gasteiger partial charge in [0.2, 0.25) is 23.7 Å². The first kappa shape index (κ1) is 33.4. The Balaban J connectivity index is 1.38. The minimum atomic E-state index is -0.710. The van der Waals surface area contributed by atoms with Crippen LogP contribution in [-0.4, -0.2) is 67.2 Å². The molecule has 0 fully saturated rings. The molecular weight excluding hydrogens is 606 g/mol. The van der Waals surface area contributed by atoms with Crippen LogP contribution in [-0.2, 0) is 22.4 Å². The Labute approximate surface area is 280 Å². The molecule has 4 aromatic carbocycles. The van der Waals surface area contributed by atoms with Crippen LogP contribution < -0.4 is 29.9 Å². The van der Waals surface area contributed by atoms with E-state index in [1.807, 2.05) is 109 Å². The molecule has 1 heterocycles. The van der Waals surface area contributed by atoms with E-state index in [0.29, 0.717) is 35.7 Å². The minimum Gasteiger partial charge on any atom is -0.497 e.